The SMILES string of the molecule is COCc1noc(C)c1-c1cc2cc(C(=O)Nc3cc(NC(=O)CN4CCC[C@@H]4C)cnc3C)cnc2[nH]1. The smallest absolute Gasteiger partial charge is 0.257 e. The molecule has 11 heteroatoms. The second kappa shape index (κ2) is 10.7. The van der Waals surface area contributed by atoms with Gasteiger partial charge in [0.1, 0.15) is 17.1 Å². The Morgan fingerprint density at radius 3 is 2.79 bits per heavy atom. The molecule has 5 heterocycles. The van der Waals surface area contributed by atoms with Gasteiger partial charge in [-0.25, -0.2) is 4.98 Å². The van der Waals surface area contributed by atoms with E-state index in [-0.39, 0.29) is 11.8 Å². The van der Waals surface area contributed by atoms with E-state index >= 15 is 0 Å². The topological polar surface area (TPSA) is 138 Å². The average molecular weight is 518 g/mol. The third kappa shape index (κ3) is 5.29. The highest BCUT2D eigenvalue weighted by Gasteiger charge is 2.23. The van der Waals surface area contributed by atoms with E-state index in [2.05, 4.69) is 42.6 Å². The highest BCUT2D eigenvalue weighted by atomic mass is 16.5. The van der Waals surface area contributed by atoms with Gasteiger partial charge in [-0.05, 0) is 58.4 Å². The number of fused-ring (bicyclic) bond motifs is 1. The van der Waals surface area contributed by atoms with Crippen molar-refractivity contribution in [2.75, 3.05) is 30.8 Å². The Hall–Kier alpha value is -4.09. The minimum atomic E-state index is -0.331. The van der Waals surface area contributed by atoms with Crippen LogP contribution in [0.4, 0.5) is 11.4 Å². The predicted octanol–water partition coefficient (Wildman–Crippen LogP) is 4.05. The van der Waals surface area contributed by atoms with Gasteiger partial charge < -0.3 is 24.9 Å². The summed E-state index contributed by atoms with van der Waals surface area (Å²) in [4.78, 5) is 39.9. The molecule has 4 aromatic rings. The van der Waals surface area contributed by atoms with Gasteiger partial charge in [-0.3, -0.25) is 19.5 Å². The Morgan fingerprint density at radius 1 is 1.18 bits per heavy atom. The Labute approximate surface area is 220 Å². The first-order chi connectivity index (χ1) is 18.3. The second-order valence-electron chi connectivity index (χ2n) is 9.66. The van der Waals surface area contributed by atoms with Crippen molar-refractivity contribution in [2.24, 2.45) is 0 Å². The number of methoxy groups -OCH3 is 1. The van der Waals surface area contributed by atoms with E-state index in [0.29, 0.717) is 58.9 Å². The Kier molecular flexibility index (Phi) is 7.21. The largest absolute Gasteiger partial charge is 0.378 e. The van der Waals surface area contributed by atoms with Crippen molar-refractivity contribution in [3.8, 4) is 11.3 Å². The average Bonchev–Trinajstić information content (AvgIpc) is 3.59. The van der Waals surface area contributed by atoms with Crippen LogP contribution >= 0.6 is 0 Å². The minimum absolute atomic E-state index is 0.101. The first-order valence-corrected chi connectivity index (χ1v) is 12.6. The van der Waals surface area contributed by atoms with Crippen LogP contribution in [0.3, 0.4) is 0 Å². The van der Waals surface area contributed by atoms with Crippen LogP contribution in [-0.4, -0.2) is 63.1 Å². The summed E-state index contributed by atoms with van der Waals surface area (Å²) in [6.07, 6.45) is 5.32. The van der Waals surface area contributed by atoms with Crippen LogP contribution in [0.2, 0.25) is 0 Å². The maximum absolute atomic E-state index is 13.1. The minimum Gasteiger partial charge on any atom is -0.378 e. The van der Waals surface area contributed by atoms with Crippen molar-refractivity contribution in [1.29, 1.82) is 0 Å². The molecule has 3 N–H and O–H groups in total. The van der Waals surface area contributed by atoms with E-state index in [4.69, 9.17) is 9.26 Å². The zero-order valence-electron chi connectivity index (χ0n) is 21.9. The molecule has 2 amide bonds. The third-order valence-corrected chi connectivity index (χ3v) is 6.87. The van der Waals surface area contributed by atoms with Crippen LogP contribution in [0, 0.1) is 13.8 Å². The summed E-state index contributed by atoms with van der Waals surface area (Å²) in [5, 5.41) is 10.6. The molecule has 0 unspecified atom stereocenters. The Bertz CT molecular complexity index is 1490. The van der Waals surface area contributed by atoms with Crippen molar-refractivity contribution < 1.29 is 18.8 Å². The molecular formula is C27H31N7O4. The summed E-state index contributed by atoms with van der Waals surface area (Å²) < 4.78 is 10.6. The molecule has 1 atom stereocenters. The Balaban J connectivity index is 1.31. The van der Waals surface area contributed by atoms with Crippen LogP contribution < -0.4 is 10.6 Å². The highest BCUT2D eigenvalue weighted by molar-refractivity contribution is 6.06. The van der Waals surface area contributed by atoms with E-state index in [0.717, 1.165) is 36.0 Å². The molecule has 1 aliphatic rings. The van der Waals surface area contributed by atoms with Crippen molar-refractivity contribution in [3.63, 3.8) is 0 Å². The van der Waals surface area contributed by atoms with E-state index in [1.54, 1.807) is 32.4 Å². The molecule has 198 valence electrons. The zero-order valence-corrected chi connectivity index (χ0v) is 21.9. The number of nitrogens with one attached hydrogen (secondary N) is 3. The molecule has 4 aromatic heterocycles. The maximum Gasteiger partial charge on any atom is 0.257 e. The molecule has 0 aliphatic carbocycles. The maximum atomic E-state index is 13.1. The van der Waals surface area contributed by atoms with Crippen LogP contribution in [-0.2, 0) is 16.1 Å². The molecule has 1 aliphatic heterocycles. The Morgan fingerprint density at radius 2 is 2.03 bits per heavy atom. The van der Waals surface area contributed by atoms with Crippen molar-refractivity contribution in [3.05, 3.63) is 53.3 Å². The quantitative estimate of drug-likeness (QED) is 0.318. The first-order valence-electron chi connectivity index (χ1n) is 12.6. The third-order valence-electron chi connectivity index (χ3n) is 6.87. The van der Waals surface area contributed by atoms with Crippen LogP contribution in [0.25, 0.3) is 22.3 Å². The summed E-state index contributed by atoms with van der Waals surface area (Å²) >= 11 is 0. The first kappa shape index (κ1) is 25.6. The summed E-state index contributed by atoms with van der Waals surface area (Å²) in [5.41, 5.74) is 4.98. The van der Waals surface area contributed by atoms with Gasteiger partial charge in [0, 0.05) is 24.7 Å². The lowest BCUT2D eigenvalue weighted by molar-refractivity contribution is -0.117. The number of carbonyl (C=O) groups excluding carboxylic acids is 2. The van der Waals surface area contributed by atoms with E-state index in [1.807, 2.05) is 13.0 Å². The predicted molar refractivity (Wildman–Crippen MR) is 143 cm³/mol. The number of likely N-dealkylation sites (tertiary alicyclic amines) is 1. The molecular weight excluding hydrogens is 486 g/mol. The molecule has 0 bridgehead atoms. The van der Waals surface area contributed by atoms with Crippen LogP contribution in [0.1, 0.15) is 47.3 Å². The van der Waals surface area contributed by atoms with E-state index < -0.39 is 0 Å². The lowest BCUT2D eigenvalue weighted by atomic mass is 10.1. The number of rotatable bonds is 8. The molecule has 38 heavy (non-hydrogen) atoms. The van der Waals surface area contributed by atoms with E-state index in [9.17, 15) is 9.59 Å². The number of pyridine rings is 2. The molecule has 0 saturated carbocycles. The van der Waals surface area contributed by atoms with Crippen molar-refractivity contribution in [1.82, 2.24) is 25.0 Å². The summed E-state index contributed by atoms with van der Waals surface area (Å²) in [6, 6.07) is 5.80. The molecule has 0 aromatic carbocycles. The van der Waals surface area contributed by atoms with E-state index in [1.165, 1.54) is 6.20 Å². The number of nitrogens with zero attached hydrogens (tertiary/aromatic N) is 4. The van der Waals surface area contributed by atoms with Crippen LogP contribution in [0.5, 0.6) is 0 Å². The number of aromatic nitrogens is 4. The van der Waals surface area contributed by atoms with Gasteiger partial charge in [0.15, 0.2) is 0 Å². The van der Waals surface area contributed by atoms with Gasteiger partial charge in [-0.1, -0.05) is 5.16 Å². The number of hydrogen-bond donors (Lipinski definition) is 3. The summed E-state index contributed by atoms with van der Waals surface area (Å²) in [5.74, 6) is 0.227. The second-order valence-corrected chi connectivity index (χ2v) is 9.66. The number of amides is 2. The lowest BCUT2D eigenvalue weighted by Gasteiger charge is -2.20. The van der Waals surface area contributed by atoms with Gasteiger partial charge in [0.25, 0.3) is 5.91 Å². The van der Waals surface area contributed by atoms with Crippen molar-refractivity contribution >= 4 is 34.2 Å². The number of aryl methyl sites for hydroxylation is 2. The molecule has 0 spiro atoms. The summed E-state index contributed by atoms with van der Waals surface area (Å²) in [6.45, 7) is 7.34. The molecule has 0 radical (unpaired) electrons. The fourth-order valence-corrected chi connectivity index (χ4v) is 4.81. The number of anilines is 2. The van der Waals surface area contributed by atoms with Gasteiger partial charge >= 0.3 is 0 Å². The normalized spacial score (nSPS) is 15.7. The van der Waals surface area contributed by atoms with Gasteiger partial charge in [0.2, 0.25) is 5.91 Å². The standard InChI is InChI=1S/C27H31N7O4/c1-15-6-5-7-34(15)13-24(35)30-20-10-21(16(2)28-12-20)32-27(36)19-8-18-9-22(31-26(18)29-11-19)25-17(3)38-33-23(25)14-37-4/h8-12,15H,5-7,13-14H2,1-4H3,(H,29,31)(H,30,35)(H,32,36)/t15-/m0/s1. The van der Waals surface area contributed by atoms with Gasteiger partial charge in [0.05, 0.1) is 53.2 Å². The zero-order chi connectivity index (χ0) is 26.8. The number of aromatic amines is 1. The number of hydrogen-bond acceptors (Lipinski definition) is 8. The van der Waals surface area contributed by atoms with Gasteiger partial charge in [-0.15, -0.1) is 0 Å². The fraction of sp³-hybridized carbons (Fsp3) is 0.370. The molecule has 1 fully saturated rings. The lowest BCUT2D eigenvalue weighted by Crippen LogP contribution is -2.35. The van der Waals surface area contributed by atoms with Gasteiger partial charge in [-0.2, -0.15) is 0 Å². The van der Waals surface area contributed by atoms with Crippen LogP contribution in [0.15, 0.2) is 35.1 Å². The molecule has 5 rings (SSSR count). The number of ether oxygens (including phenoxy) is 1. The summed E-state index contributed by atoms with van der Waals surface area (Å²) in [7, 11) is 1.60. The number of carbonyl (C=O) groups is 2. The van der Waals surface area contributed by atoms with Crippen molar-refractivity contribution in [2.45, 2.75) is 46.3 Å². The fourth-order valence-electron chi connectivity index (χ4n) is 4.81. The molecule has 11 nitrogen and oxygen atoms in total. The number of H-pyrrole nitrogens is 1. The molecule has 1 saturated heterocycles. The highest BCUT2D eigenvalue weighted by Crippen LogP contribution is 2.30. The monoisotopic (exact) mass is 517 g/mol.